The van der Waals surface area contributed by atoms with E-state index in [-0.39, 0.29) is 11.3 Å². The minimum absolute atomic E-state index is 0.0692. The third-order valence-electron chi connectivity index (χ3n) is 5.41. The van der Waals surface area contributed by atoms with Crippen LogP contribution in [0.5, 0.6) is 0 Å². The lowest BCUT2D eigenvalue weighted by Gasteiger charge is -2.24. The van der Waals surface area contributed by atoms with Gasteiger partial charge in [-0.05, 0) is 37.3 Å². The number of nitrogens with zero attached hydrogens (tertiary/aromatic N) is 4. The van der Waals surface area contributed by atoms with Crippen LogP contribution in [0, 0.1) is 17.2 Å². The van der Waals surface area contributed by atoms with Crippen molar-refractivity contribution in [1.29, 1.82) is 5.26 Å². The van der Waals surface area contributed by atoms with E-state index in [1.807, 2.05) is 18.3 Å². The lowest BCUT2D eigenvalue weighted by Crippen LogP contribution is -2.27. The molecule has 1 aliphatic heterocycles. The fourth-order valence-corrected chi connectivity index (χ4v) is 3.79. The Morgan fingerprint density at radius 2 is 2.11 bits per heavy atom. The second-order valence-corrected chi connectivity index (χ2v) is 8.70. The number of imidazole rings is 1. The van der Waals surface area contributed by atoms with Gasteiger partial charge in [0, 0.05) is 49.7 Å². The van der Waals surface area contributed by atoms with Crippen LogP contribution in [0.25, 0.3) is 5.65 Å². The maximum atomic E-state index is 12.7. The Balaban J connectivity index is 1.95. The lowest BCUT2D eigenvalue weighted by atomic mass is 9.86. The number of hydrogen-bond donors (Lipinski definition) is 0. The van der Waals surface area contributed by atoms with E-state index in [0.29, 0.717) is 24.4 Å². The number of carbonyl (C=O) groups excluding carboxylic acids is 1. The quantitative estimate of drug-likeness (QED) is 0.792. The molecule has 6 nitrogen and oxygen atoms in total. The van der Waals surface area contributed by atoms with Crippen molar-refractivity contribution in [3.63, 3.8) is 0 Å². The summed E-state index contributed by atoms with van der Waals surface area (Å²) in [7, 11) is 1.73. The summed E-state index contributed by atoms with van der Waals surface area (Å²) in [6.45, 7) is 8.65. The van der Waals surface area contributed by atoms with Gasteiger partial charge in [0.2, 0.25) is 0 Å². The van der Waals surface area contributed by atoms with Gasteiger partial charge in [0.1, 0.15) is 5.65 Å². The molecule has 0 saturated carbocycles. The third kappa shape index (κ3) is 4.36. The maximum Gasteiger partial charge on any atom is 0.253 e. The average Bonchev–Trinajstić information content (AvgIpc) is 3.04. The van der Waals surface area contributed by atoms with Crippen LogP contribution in [0.4, 0.5) is 0 Å². The SMILES string of the molecule is CN(CCC#N)C(=O)c1ccn2c(CC3CCOCC3)c(C(C)(C)C)nc2c1. The fourth-order valence-electron chi connectivity index (χ4n) is 3.79. The number of ether oxygens (including phenoxy) is 1. The van der Waals surface area contributed by atoms with Crippen molar-refractivity contribution in [1.82, 2.24) is 14.3 Å². The summed E-state index contributed by atoms with van der Waals surface area (Å²) in [6.07, 6.45) is 5.44. The van der Waals surface area contributed by atoms with Crippen LogP contribution in [0.2, 0.25) is 0 Å². The molecule has 0 aromatic carbocycles. The lowest BCUT2D eigenvalue weighted by molar-refractivity contribution is 0.0661. The summed E-state index contributed by atoms with van der Waals surface area (Å²) in [6, 6.07) is 5.81. The molecular weight excluding hydrogens is 352 g/mol. The monoisotopic (exact) mass is 382 g/mol. The average molecular weight is 383 g/mol. The first-order valence-electron chi connectivity index (χ1n) is 10.0. The van der Waals surface area contributed by atoms with Crippen molar-refractivity contribution in [2.24, 2.45) is 5.92 Å². The Morgan fingerprint density at radius 1 is 1.39 bits per heavy atom. The second-order valence-electron chi connectivity index (χ2n) is 8.70. The largest absolute Gasteiger partial charge is 0.381 e. The highest BCUT2D eigenvalue weighted by molar-refractivity contribution is 5.95. The van der Waals surface area contributed by atoms with Crippen molar-refractivity contribution in [3.8, 4) is 6.07 Å². The number of hydrogen-bond acceptors (Lipinski definition) is 4. The zero-order chi connectivity index (χ0) is 20.3. The molecule has 28 heavy (non-hydrogen) atoms. The van der Waals surface area contributed by atoms with Crippen LogP contribution in [0.15, 0.2) is 18.3 Å². The van der Waals surface area contributed by atoms with E-state index in [9.17, 15) is 4.79 Å². The fraction of sp³-hybridized carbons (Fsp3) is 0.591. The number of aromatic nitrogens is 2. The van der Waals surface area contributed by atoms with Gasteiger partial charge in [-0.25, -0.2) is 4.98 Å². The minimum Gasteiger partial charge on any atom is -0.381 e. The smallest absolute Gasteiger partial charge is 0.253 e. The first-order chi connectivity index (χ1) is 13.3. The molecule has 3 rings (SSSR count). The molecule has 0 radical (unpaired) electrons. The number of nitriles is 1. The first kappa shape index (κ1) is 20.3. The number of carbonyl (C=O) groups is 1. The van der Waals surface area contributed by atoms with Crippen LogP contribution < -0.4 is 0 Å². The molecule has 1 amide bonds. The summed E-state index contributed by atoms with van der Waals surface area (Å²) in [4.78, 5) is 19.2. The summed E-state index contributed by atoms with van der Waals surface area (Å²) in [5, 5.41) is 8.74. The normalized spacial score (nSPS) is 15.5. The molecule has 0 aliphatic carbocycles. The number of pyridine rings is 1. The molecule has 6 heteroatoms. The predicted molar refractivity (Wildman–Crippen MR) is 108 cm³/mol. The second kappa shape index (κ2) is 8.32. The van der Waals surface area contributed by atoms with Crippen molar-refractivity contribution in [2.45, 2.75) is 51.9 Å². The van der Waals surface area contributed by atoms with Gasteiger partial charge >= 0.3 is 0 Å². The van der Waals surface area contributed by atoms with Gasteiger partial charge < -0.3 is 14.0 Å². The van der Waals surface area contributed by atoms with Crippen molar-refractivity contribution >= 4 is 11.6 Å². The molecule has 0 spiro atoms. The zero-order valence-corrected chi connectivity index (χ0v) is 17.4. The molecule has 0 unspecified atom stereocenters. The van der Waals surface area contributed by atoms with Crippen LogP contribution >= 0.6 is 0 Å². The topological polar surface area (TPSA) is 70.6 Å². The highest BCUT2D eigenvalue weighted by Gasteiger charge is 2.27. The molecule has 2 aromatic rings. The van der Waals surface area contributed by atoms with E-state index in [0.717, 1.165) is 43.8 Å². The predicted octanol–water partition coefficient (Wildman–Crippen LogP) is 3.59. The van der Waals surface area contributed by atoms with E-state index in [2.05, 4.69) is 31.2 Å². The van der Waals surface area contributed by atoms with Gasteiger partial charge in [-0.15, -0.1) is 0 Å². The van der Waals surface area contributed by atoms with E-state index < -0.39 is 0 Å². The molecule has 1 saturated heterocycles. The van der Waals surface area contributed by atoms with Crippen LogP contribution in [0.3, 0.4) is 0 Å². The molecule has 150 valence electrons. The van der Waals surface area contributed by atoms with Crippen molar-refractivity contribution in [3.05, 3.63) is 35.3 Å². The molecule has 0 N–H and O–H groups in total. The summed E-state index contributed by atoms with van der Waals surface area (Å²) in [5.41, 5.74) is 3.69. The molecule has 0 bridgehead atoms. The van der Waals surface area contributed by atoms with Gasteiger partial charge in [-0.1, -0.05) is 20.8 Å². The molecule has 1 fully saturated rings. The molecular formula is C22H30N4O2. The Morgan fingerprint density at radius 3 is 2.75 bits per heavy atom. The van der Waals surface area contributed by atoms with Crippen molar-refractivity contribution < 1.29 is 9.53 Å². The van der Waals surface area contributed by atoms with Gasteiger partial charge in [-0.2, -0.15) is 5.26 Å². The van der Waals surface area contributed by atoms with Crippen LogP contribution in [-0.2, 0) is 16.6 Å². The summed E-state index contributed by atoms with van der Waals surface area (Å²) < 4.78 is 7.65. The number of fused-ring (bicyclic) bond motifs is 1. The molecule has 3 heterocycles. The standard InChI is InChI=1S/C22H30N4O2/c1-22(2,3)20-18(14-16-7-12-28-13-8-16)26-11-6-17(15-19(26)24-20)21(27)25(4)10-5-9-23/h6,11,15-16H,5,7-8,10,12-14H2,1-4H3. The minimum atomic E-state index is -0.0796. The maximum absolute atomic E-state index is 12.7. The van der Waals surface area contributed by atoms with Crippen LogP contribution in [-0.4, -0.2) is 47.0 Å². The number of rotatable bonds is 5. The Kier molecular flexibility index (Phi) is 6.04. The molecule has 1 aliphatic rings. The third-order valence-corrected chi connectivity index (χ3v) is 5.41. The van der Waals surface area contributed by atoms with Gasteiger partial charge in [0.25, 0.3) is 5.91 Å². The summed E-state index contributed by atoms with van der Waals surface area (Å²) in [5.74, 6) is 0.525. The Hall–Kier alpha value is -2.39. The van der Waals surface area contributed by atoms with Crippen LogP contribution in [0.1, 0.15) is 61.8 Å². The molecule has 2 aromatic heterocycles. The zero-order valence-electron chi connectivity index (χ0n) is 17.4. The van der Waals surface area contributed by atoms with E-state index >= 15 is 0 Å². The Bertz CT molecular complexity index is 882. The Labute approximate surface area is 167 Å². The highest BCUT2D eigenvalue weighted by Crippen LogP contribution is 2.30. The first-order valence-corrected chi connectivity index (χ1v) is 10.0. The molecule has 0 atom stereocenters. The van der Waals surface area contributed by atoms with Crippen molar-refractivity contribution in [2.75, 3.05) is 26.8 Å². The van der Waals surface area contributed by atoms with Gasteiger partial charge in [-0.3, -0.25) is 4.79 Å². The van der Waals surface area contributed by atoms with Gasteiger partial charge in [0.05, 0.1) is 18.2 Å². The number of amides is 1. The van der Waals surface area contributed by atoms with E-state index in [1.165, 1.54) is 5.69 Å². The van der Waals surface area contributed by atoms with Gasteiger partial charge in [0.15, 0.2) is 0 Å². The van der Waals surface area contributed by atoms with E-state index in [1.54, 1.807) is 11.9 Å². The summed E-state index contributed by atoms with van der Waals surface area (Å²) >= 11 is 0. The highest BCUT2D eigenvalue weighted by atomic mass is 16.5. The van der Waals surface area contributed by atoms with E-state index in [4.69, 9.17) is 15.0 Å².